The van der Waals surface area contributed by atoms with Gasteiger partial charge in [-0.3, -0.25) is 0 Å². The molecule has 1 N–H and O–H groups in total. The van der Waals surface area contributed by atoms with Crippen molar-refractivity contribution in [3.63, 3.8) is 0 Å². The van der Waals surface area contributed by atoms with Gasteiger partial charge in [0, 0.05) is 20.2 Å². The smallest absolute Gasteiger partial charge is 0.231 e. The molecule has 0 radical (unpaired) electrons. The summed E-state index contributed by atoms with van der Waals surface area (Å²) in [6.07, 6.45) is 0. The molecular weight excluding hydrogens is 246 g/mol. The van der Waals surface area contributed by atoms with Gasteiger partial charge in [0.25, 0.3) is 0 Å². The van der Waals surface area contributed by atoms with E-state index in [-0.39, 0.29) is 12.4 Å². The van der Waals surface area contributed by atoms with Gasteiger partial charge in [0.05, 0.1) is 12.7 Å². The van der Waals surface area contributed by atoms with Gasteiger partial charge in [0.15, 0.2) is 11.5 Å². The maximum Gasteiger partial charge on any atom is 0.231 e. The molecule has 5 nitrogen and oxygen atoms in total. The number of benzene rings is 1. The number of fused-ring (bicyclic) bond motifs is 1. The highest BCUT2D eigenvalue weighted by Crippen LogP contribution is 2.41. The number of rotatable bonds is 6. The van der Waals surface area contributed by atoms with Crippen molar-refractivity contribution in [2.75, 3.05) is 27.6 Å². The largest absolute Gasteiger partial charge is 0.493 e. The molecule has 0 saturated carbocycles. The third-order valence-electron chi connectivity index (χ3n) is 3.15. The second-order valence-electron chi connectivity index (χ2n) is 5.10. The fraction of sp³-hybridized carbons (Fsp3) is 0.571. The Morgan fingerprint density at radius 2 is 2.05 bits per heavy atom. The van der Waals surface area contributed by atoms with Crippen LogP contribution < -0.4 is 19.5 Å². The zero-order valence-corrected chi connectivity index (χ0v) is 11.9. The summed E-state index contributed by atoms with van der Waals surface area (Å²) < 4.78 is 21.4. The van der Waals surface area contributed by atoms with E-state index in [1.54, 1.807) is 14.2 Å². The first-order valence-corrected chi connectivity index (χ1v) is 6.28. The number of hydrogen-bond donors (Lipinski definition) is 1. The molecule has 0 unspecified atom stereocenters. The lowest BCUT2D eigenvalue weighted by Gasteiger charge is -2.23. The first-order valence-electron chi connectivity index (χ1n) is 6.28. The van der Waals surface area contributed by atoms with Crippen molar-refractivity contribution in [1.29, 1.82) is 0 Å². The van der Waals surface area contributed by atoms with Crippen LogP contribution in [0.25, 0.3) is 0 Å². The van der Waals surface area contributed by atoms with Gasteiger partial charge < -0.3 is 24.3 Å². The molecule has 1 aromatic rings. The van der Waals surface area contributed by atoms with Crippen LogP contribution >= 0.6 is 0 Å². The molecule has 1 heterocycles. The van der Waals surface area contributed by atoms with Crippen LogP contribution in [0.15, 0.2) is 12.1 Å². The molecule has 1 aliphatic heterocycles. The Balaban J connectivity index is 2.02. The molecule has 19 heavy (non-hydrogen) atoms. The van der Waals surface area contributed by atoms with E-state index in [0.717, 1.165) is 24.4 Å². The predicted octanol–water partition coefficient (Wildman–Crippen LogP) is 1.94. The van der Waals surface area contributed by atoms with Crippen molar-refractivity contribution in [1.82, 2.24) is 5.32 Å². The van der Waals surface area contributed by atoms with Crippen molar-refractivity contribution >= 4 is 0 Å². The number of methoxy groups -OCH3 is 2. The second kappa shape index (κ2) is 5.67. The Kier molecular flexibility index (Phi) is 4.17. The van der Waals surface area contributed by atoms with Crippen molar-refractivity contribution < 1.29 is 18.9 Å². The minimum atomic E-state index is -0.180. The lowest BCUT2D eigenvalue weighted by Crippen LogP contribution is -2.36. The molecule has 2 rings (SSSR count). The molecule has 106 valence electrons. The Morgan fingerprint density at radius 1 is 1.26 bits per heavy atom. The summed E-state index contributed by atoms with van der Waals surface area (Å²) in [5, 5.41) is 3.36. The molecule has 0 saturated heterocycles. The topological polar surface area (TPSA) is 49.0 Å². The van der Waals surface area contributed by atoms with E-state index < -0.39 is 0 Å². The quantitative estimate of drug-likeness (QED) is 0.853. The Morgan fingerprint density at radius 3 is 2.74 bits per heavy atom. The summed E-state index contributed by atoms with van der Waals surface area (Å²) in [5.74, 6) is 2.13. The van der Waals surface area contributed by atoms with Gasteiger partial charge >= 0.3 is 0 Å². The van der Waals surface area contributed by atoms with Gasteiger partial charge in [-0.1, -0.05) is 0 Å². The first kappa shape index (κ1) is 14.0. The normalized spacial score (nSPS) is 13.7. The molecular formula is C14H21NO4. The van der Waals surface area contributed by atoms with Gasteiger partial charge in [-0.2, -0.15) is 0 Å². The highest BCUT2D eigenvalue weighted by molar-refractivity contribution is 5.55. The number of nitrogens with one attached hydrogen (secondary N) is 1. The van der Waals surface area contributed by atoms with Gasteiger partial charge in [-0.15, -0.1) is 0 Å². The minimum Gasteiger partial charge on any atom is -0.493 e. The van der Waals surface area contributed by atoms with E-state index >= 15 is 0 Å². The van der Waals surface area contributed by atoms with Gasteiger partial charge in [0.2, 0.25) is 12.5 Å². The van der Waals surface area contributed by atoms with E-state index in [9.17, 15) is 0 Å². The third kappa shape index (κ3) is 3.30. The van der Waals surface area contributed by atoms with Crippen molar-refractivity contribution in [3.8, 4) is 17.2 Å². The fourth-order valence-electron chi connectivity index (χ4n) is 1.87. The Bertz CT molecular complexity index is 445. The van der Waals surface area contributed by atoms with Crippen molar-refractivity contribution in [2.45, 2.75) is 26.0 Å². The Hall–Kier alpha value is -1.46. The molecule has 0 aliphatic carbocycles. The average Bonchev–Trinajstić information content (AvgIpc) is 2.85. The van der Waals surface area contributed by atoms with Crippen LogP contribution in [0.3, 0.4) is 0 Å². The maximum absolute atomic E-state index is 5.40. The monoisotopic (exact) mass is 267 g/mol. The maximum atomic E-state index is 5.40. The van der Waals surface area contributed by atoms with Crippen LogP contribution in [-0.2, 0) is 11.3 Å². The summed E-state index contributed by atoms with van der Waals surface area (Å²) in [4.78, 5) is 0. The summed E-state index contributed by atoms with van der Waals surface area (Å²) >= 11 is 0. The van der Waals surface area contributed by atoms with Crippen LogP contribution in [-0.4, -0.2) is 33.2 Å². The lowest BCUT2D eigenvalue weighted by atomic mass is 10.1. The number of hydrogen-bond acceptors (Lipinski definition) is 5. The molecule has 1 aromatic carbocycles. The van der Waals surface area contributed by atoms with Crippen LogP contribution in [0.1, 0.15) is 19.4 Å². The van der Waals surface area contributed by atoms with Gasteiger partial charge in [-0.05, 0) is 31.5 Å². The van der Waals surface area contributed by atoms with Crippen LogP contribution in [0.5, 0.6) is 17.2 Å². The third-order valence-corrected chi connectivity index (χ3v) is 3.15. The zero-order chi connectivity index (χ0) is 13.9. The van der Waals surface area contributed by atoms with Crippen LogP contribution in [0, 0.1) is 0 Å². The first-order chi connectivity index (χ1) is 9.05. The molecule has 0 spiro atoms. The van der Waals surface area contributed by atoms with E-state index in [4.69, 9.17) is 18.9 Å². The molecule has 5 heteroatoms. The molecule has 0 fully saturated rings. The molecule has 0 amide bonds. The van der Waals surface area contributed by atoms with Crippen molar-refractivity contribution in [2.24, 2.45) is 0 Å². The second-order valence-corrected chi connectivity index (χ2v) is 5.10. The van der Waals surface area contributed by atoms with Crippen molar-refractivity contribution in [3.05, 3.63) is 17.7 Å². The minimum absolute atomic E-state index is 0.180. The summed E-state index contributed by atoms with van der Waals surface area (Å²) in [5.41, 5.74) is 0.911. The van der Waals surface area contributed by atoms with E-state index in [1.807, 2.05) is 26.0 Å². The van der Waals surface area contributed by atoms with E-state index in [2.05, 4.69) is 5.32 Å². The van der Waals surface area contributed by atoms with Crippen LogP contribution in [0.2, 0.25) is 0 Å². The Labute approximate surface area is 113 Å². The fourth-order valence-corrected chi connectivity index (χ4v) is 1.87. The summed E-state index contributed by atoms with van der Waals surface area (Å²) in [6.45, 7) is 5.82. The molecule has 1 aliphatic rings. The SMILES string of the molecule is COc1cc(CNCC(C)(C)OC)cc2c1OCO2. The molecule has 0 atom stereocenters. The average molecular weight is 267 g/mol. The van der Waals surface area contributed by atoms with Crippen LogP contribution in [0.4, 0.5) is 0 Å². The summed E-state index contributed by atoms with van der Waals surface area (Å²) in [6, 6.07) is 3.93. The molecule has 0 aromatic heterocycles. The number of ether oxygens (including phenoxy) is 4. The summed E-state index contributed by atoms with van der Waals surface area (Å²) in [7, 11) is 3.34. The van der Waals surface area contributed by atoms with Gasteiger partial charge in [0.1, 0.15) is 0 Å². The molecule has 0 bridgehead atoms. The predicted molar refractivity (Wildman–Crippen MR) is 71.9 cm³/mol. The van der Waals surface area contributed by atoms with Gasteiger partial charge in [-0.25, -0.2) is 0 Å². The lowest BCUT2D eigenvalue weighted by molar-refractivity contribution is 0.0230. The highest BCUT2D eigenvalue weighted by atomic mass is 16.7. The zero-order valence-electron chi connectivity index (χ0n) is 11.9. The van der Waals surface area contributed by atoms with E-state index in [1.165, 1.54) is 0 Å². The standard InChI is InChI=1S/C14H21NO4/c1-14(2,17-4)8-15-7-10-5-11(16-3)13-12(6-10)18-9-19-13/h5-6,15H,7-9H2,1-4H3. The highest BCUT2D eigenvalue weighted by Gasteiger charge is 2.20. The van der Waals surface area contributed by atoms with E-state index in [0.29, 0.717) is 11.5 Å².